The minimum absolute atomic E-state index is 0.197. The maximum absolute atomic E-state index is 12.0. The SMILES string of the molecule is CCCCOC(=O)C(C)Sc1nc(C2CC2)n(-c2ccccc2)n1. The number of carbonyl (C=O) groups excluding carboxylic acids is 1. The molecule has 0 radical (unpaired) electrons. The Balaban J connectivity index is 1.71. The standard InChI is InChI=1S/C18H23N3O2S/c1-3-4-12-23-17(22)13(2)24-18-19-16(14-10-11-14)21(20-18)15-8-6-5-7-9-15/h5-9,13-14H,3-4,10-12H2,1-2H3. The molecule has 24 heavy (non-hydrogen) atoms. The molecule has 1 aliphatic rings. The molecule has 5 nitrogen and oxygen atoms in total. The molecule has 0 N–H and O–H groups in total. The highest BCUT2D eigenvalue weighted by molar-refractivity contribution is 8.00. The number of unbranched alkanes of at least 4 members (excludes halogenated alkanes) is 1. The highest BCUT2D eigenvalue weighted by atomic mass is 32.2. The summed E-state index contributed by atoms with van der Waals surface area (Å²) in [6, 6.07) is 10.0. The minimum atomic E-state index is -0.305. The predicted molar refractivity (Wildman–Crippen MR) is 94.5 cm³/mol. The number of thioether (sulfide) groups is 1. The van der Waals surface area contributed by atoms with Gasteiger partial charge in [0, 0.05) is 5.92 Å². The maximum atomic E-state index is 12.0. The minimum Gasteiger partial charge on any atom is -0.465 e. The number of carbonyl (C=O) groups is 1. The highest BCUT2D eigenvalue weighted by Crippen LogP contribution is 2.40. The smallest absolute Gasteiger partial charge is 0.319 e. The molecule has 1 saturated carbocycles. The summed E-state index contributed by atoms with van der Waals surface area (Å²) in [6.07, 6.45) is 4.23. The zero-order valence-corrected chi connectivity index (χ0v) is 15.0. The average molecular weight is 345 g/mol. The topological polar surface area (TPSA) is 57.0 Å². The van der Waals surface area contributed by atoms with Crippen LogP contribution in [0.15, 0.2) is 35.5 Å². The second-order valence-corrected chi connectivity index (χ2v) is 7.36. The molecule has 0 spiro atoms. The molecule has 0 aliphatic heterocycles. The van der Waals surface area contributed by atoms with Crippen molar-refractivity contribution in [3.8, 4) is 5.69 Å². The maximum Gasteiger partial charge on any atom is 0.319 e. The van der Waals surface area contributed by atoms with Crippen molar-refractivity contribution >= 4 is 17.7 Å². The van der Waals surface area contributed by atoms with Gasteiger partial charge in [-0.15, -0.1) is 5.10 Å². The van der Waals surface area contributed by atoms with Gasteiger partial charge in [-0.1, -0.05) is 43.3 Å². The summed E-state index contributed by atoms with van der Waals surface area (Å²) in [5.74, 6) is 1.28. The molecule has 0 amide bonds. The number of benzene rings is 1. The molecule has 0 bridgehead atoms. The van der Waals surface area contributed by atoms with Crippen molar-refractivity contribution < 1.29 is 9.53 Å². The fraction of sp³-hybridized carbons (Fsp3) is 0.500. The average Bonchev–Trinajstić information content (AvgIpc) is 3.36. The van der Waals surface area contributed by atoms with Crippen LogP contribution in [-0.2, 0) is 9.53 Å². The summed E-state index contributed by atoms with van der Waals surface area (Å²) in [5, 5.41) is 4.96. The molecule has 1 unspecified atom stereocenters. The van der Waals surface area contributed by atoms with Gasteiger partial charge < -0.3 is 4.74 Å². The lowest BCUT2D eigenvalue weighted by atomic mass is 10.3. The molecular weight excluding hydrogens is 322 g/mol. The van der Waals surface area contributed by atoms with Gasteiger partial charge in [0.05, 0.1) is 12.3 Å². The Morgan fingerprint density at radius 2 is 2.12 bits per heavy atom. The van der Waals surface area contributed by atoms with Crippen molar-refractivity contribution in [3.63, 3.8) is 0 Å². The van der Waals surface area contributed by atoms with Crippen LogP contribution in [0.3, 0.4) is 0 Å². The quantitative estimate of drug-likeness (QED) is 0.412. The van der Waals surface area contributed by atoms with Gasteiger partial charge in [0.15, 0.2) is 0 Å². The molecule has 6 heteroatoms. The Bertz CT molecular complexity index is 683. The van der Waals surface area contributed by atoms with Gasteiger partial charge in [0.1, 0.15) is 11.1 Å². The van der Waals surface area contributed by atoms with E-state index in [-0.39, 0.29) is 11.2 Å². The number of para-hydroxylation sites is 1. The molecule has 0 saturated heterocycles. The van der Waals surface area contributed by atoms with Gasteiger partial charge in [-0.25, -0.2) is 9.67 Å². The number of hydrogen-bond donors (Lipinski definition) is 0. The van der Waals surface area contributed by atoms with Gasteiger partial charge in [-0.2, -0.15) is 0 Å². The summed E-state index contributed by atoms with van der Waals surface area (Å²) in [6.45, 7) is 4.41. The lowest BCUT2D eigenvalue weighted by Crippen LogP contribution is -2.17. The number of hydrogen-bond acceptors (Lipinski definition) is 5. The molecule has 1 aromatic carbocycles. The molecule has 2 aromatic rings. The van der Waals surface area contributed by atoms with Crippen molar-refractivity contribution in [1.29, 1.82) is 0 Å². The van der Waals surface area contributed by atoms with Crippen molar-refractivity contribution in [3.05, 3.63) is 36.2 Å². The second-order valence-electron chi connectivity index (χ2n) is 6.06. The van der Waals surface area contributed by atoms with E-state index in [0.29, 0.717) is 17.7 Å². The van der Waals surface area contributed by atoms with Crippen molar-refractivity contribution in [2.24, 2.45) is 0 Å². The molecule has 3 rings (SSSR count). The number of ether oxygens (including phenoxy) is 1. The Labute approximate surface area is 146 Å². The van der Waals surface area contributed by atoms with E-state index in [9.17, 15) is 4.79 Å². The van der Waals surface area contributed by atoms with Crippen LogP contribution < -0.4 is 0 Å². The number of aromatic nitrogens is 3. The number of rotatable bonds is 8. The Hall–Kier alpha value is -1.82. The number of nitrogens with zero attached hydrogens (tertiary/aromatic N) is 3. The normalized spacial score (nSPS) is 15.2. The van der Waals surface area contributed by atoms with Crippen LogP contribution in [0.25, 0.3) is 5.69 Å². The first kappa shape index (κ1) is 17.0. The summed E-state index contributed by atoms with van der Waals surface area (Å²) in [7, 11) is 0. The van der Waals surface area contributed by atoms with Gasteiger partial charge in [0.25, 0.3) is 0 Å². The molecule has 1 atom stereocenters. The first-order valence-corrected chi connectivity index (χ1v) is 9.42. The van der Waals surface area contributed by atoms with Crippen molar-refractivity contribution in [1.82, 2.24) is 14.8 Å². The Kier molecular flexibility index (Phi) is 5.56. The molecule has 1 fully saturated rings. The summed E-state index contributed by atoms with van der Waals surface area (Å²) < 4.78 is 7.19. The van der Waals surface area contributed by atoms with E-state index in [1.54, 1.807) is 0 Å². The third-order valence-electron chi connectivity index (χ3n) is 3.91. The second kappa shape index (κ2) is 7.83. The van der Waals surface area contributed by atoms with Crippen LogP contribution in [0.4, 0.5) is 0 Å². The van der Waals surface area contributed by atoms with Crippen LogP contribution in [0, 0.1) is 0 Å². The molecule has 1 heterocycles. The summed E-state index contributed by atoms with van der Waals surface area (Å²) in [5.41, 5.74) is 1.01. The highest BCUT2D eigenvalue weighted by Gasteiger charge is 2.31. The monoisotopic (exact) mass is 345 g/mol. The lowest BCUT2D eigenvalue weighted by molar-refractivity contribution is -0.142. The Morgan fingerprint density at radius 1 is 1.38 bits per heavy atom. The Morgan fingerprint density at radius 3 is 2.79 bits per heavy atom. The van der Waals surface area contributed by atoms with Crippen molar-refractivity contribution in [2.45, 2.75) is 55.9 Å². The van der Waals surface area contributed by atoms with Crippen molar-refractivity contribution in [2.75, 3.05) is 6.61 Å². The van der Waals surface area contributed by atoms with Crippen LogP contribution in [0.5, 0.6) is 0 Å². The summed E-state index contributed by atoms with van der Waals surface area (Å²) in [4.78, 5) is 16.7. The fourth-order valence-electron chi connectivity index (χ4n) is 2.36. The zero-order valence-electron chi connectivity index (χ0n) is 14.1. The largest absolute Gasteiger partial charge is 0.465 e. The van der Waals surface area contributed by atoms with E-state index >= 15 is 0 Å². The van der Waals surface area contributed by atoms with Gasteiger partial charge in [0.2, 0.25) is 5.16 Å². The molecular formula is C18H23N3O2S. The van der Waals surface area contributed by atoms with Gasteiger partial charge in [-0.3, -0.25) is 4.79 Å². The lowest BCUT2D eigenvalue weighted by Gasteiger charge is -2.08. The first-order valence-electron chi connectivity index (χ1n) is 8.54. The van der Waals surface area contributed by atoms with Crippen LogP contribution in [0.2, 0.25) is 0 Å². The zero-order chi connectivity index (χ0) is 16.9. The third kappa shape index (κ3) is 4.17. The molecule has 1 aliphatic carbocycles. The van der Waals surface area contributed by atoms with Gasteiger partial charge >= 0.3 is 5.97 Å². The van der Waals surface area contributed by atoms with E-state index in [1.165, 1.54) is 11.8 Å². The van der Waals surface area contributed by atoms with E-state index < -0.39 is 0 Å². The third-order valence-corrected chi connectivity index (χ3v) is 4.84. The van der Waals surface area contributed by atoms with Crippen LogP contribution in [-0.4, -0.2) is 32.6 Å². The number of esters is 1. The van der Waals surface area contributed by atoms with Crippen LogP contribution in [0.1, 0.15) is 51.3 Å². The van der Waals surface area contributed by atoms with E-state index in [0.717, 1.165) is 37.2 Å². The van der Waals surface area contributed by atoms with Crippen LogP contribution >= 0.6 is 11.8 Å². The molecule has 1 aromatic heterocycles. The van der Waals surface area contributed by atoms with E-state index in [2.05, 4.69) is 17.0 Å². The van der Waals surface area contributed by atoms with E-state index in [1.807, 2.05) is 41.9 Å². The first-order chi connectivity index (χ1) is 11.7. The molecule has 128 valence electrons. The van der Waals surface area contributed by atoms with E-state index in [4.69, 9.17) is 4.74 Å². The summed E-state index contributed by atoms with van der Waals surface area (Å²) >= 11 is 1.37. The fourth-order valence-corrected chi connectivity index (χ4v) is 3.12. The van der Waals surface area contributed by atoms with Gasteiger partial charge in [-0.05, 0) is 38.3 Å². The predicted octanol–water partition coefficient (Wildman–Crippen LogP) is 3.97.